The molecule has 1 N–H and O–H groups in total. The third-order valence-corrected chi connectivity index (χ3v) is 5.47. The Hall–Kier alpha value is -3.06. The lowest BCUT2D eigenvalue weighted by atomic mass is 9.87. The van der Waals surface area contributed by atoms with Gasteiger partial charge in [0.15, 0.2) is 0 Å². The van der Waals surface area contributed by atoms with Gasteiger partial charge in [0.05, 0.1) is 0 Å². The molecule has 0 aromatic heterocycles. The number of fused-ring (bicyclic) bond motifs is 7. The SMILES string of the molecule is CC(C)c1cc2cc(O)ccc2c2ccc3c4ccccc4ccc3c12. The van der Waals surface area contributed by atoms with E-state index in [1.54, 1.807) is 6.07 Å². The van der Waals surface area contributed by atoms with E-state index in [1.807, 2.05) is 12.1 Å². The number of hydrogen-bond acceptors (Lipinski definition) is 1. The van der Waals surface area contributed by atoms with Crippen LogP contribution in [0.4, 0.5) is 0 Å². The predicted molar refractivity (Wildman–Crippen MR) is 112 cm³/mol. The fourth-order valence-electron chi connectivity index (χ4n) is 4.23. The van der Waals surface area contributed by atoms with Crippen molar-refractivity contribution in [2.75, 3.05) is 0 Å². The quantitative estimate of drug-likeness (QED) is 0.323. The second-order valence-corrected chi connectivity index (χ2v) is 7.40. The molecule has 5 aromatic carbocycles. The molecule has 126 valence electrons. The molecule has 0 aliphatic carbocycles. The minimum atomic E-state index is 0.318. The molecule has 0 radical (unpaired) electrons. The van der Waals surface area contributed by atoms with Crippen LogP contribution in [0.5, 0.6) is 5.75 Å². The Morgan fingerprint density at radius 1 is 0.615 bits per heavy atom. The van der Waals surface area contributed by atoms with Crippen LogP contribution < -0.4 is 0 Å². The van der Waals surface area contributed by atoms with E-state index in [4.69, 9.17) is 0 Å². The van der Waals surface area contributed by atoms with Crippen LogP contribution >= 0.6 is 0 Å². The Morgan fingerprint density at radius 2 is 1.27 bits per heavy atom. The second kappa shape index (κ2) is 5.47. The van der Waals surface area contributed by atoms with Gasteiger partial charge in [0.2, 0.25) is 0 Å². The smallest absolute Gasteiger partial charge is 0.116 e. The Morgan fingerprint density at radius 3 is 2.12 bits per heavy atom. The summed E-state index contributed by atoms with van der Waals surface area (Å²) in [7, 11) is 0. The number of hydrogen-bond donors (Lipinski definition) is 1. The van der Waals surface area contributed by atoms with Crippen molar-refractivity contribution in [1.29, 1.82) is 0 Å². The molecule has 0 amide bonds. The number of aromatic hydroxyl groups is 1. The zero-order valence-corrected chi connectivity index (χ0v) is 15.0. The molecule has 26 heavy (non-hydrogen) atoms. The number of phenolic OH excluding ortho intramolecular Hbond substituents is 1. The number of benzene rings is 5. The van der Waals surface area contributed by atoms with Gasteiger partial charge in [0, 0.05) is 0 Å². The highest BCUT2D eigenvalue weighted by Crippen LogP contribution is 2.39. The van der Waals surface area contributed by atoms with E-state index < -0.39 is 0 Å². The molecule has 0 atom stereocenters. The summed E-state index contributed by atoms with van der Waals surface area (Å²) >= 11 is 0. The first kappa shape index (κ1) is 15.2. The first-order valence-electron chi connectivity index (χ1n) is 9.13. The van der Waals surface area contributed by atoms with E-state index in [0.29, 0.717) is 11.7 Å². The topological polar surface area (TPSA) is 20.2 Å². The van der Waals surface area contributed by atoms with Crippen LogP contribution in [0.3, 0.4) is 0 Å². The molecule has 0 saturated heterocycles. The van der Waals surface area contributed by atoms with Gasteiger partial charge in [-0.25, -0.2) is 0 Å². The van der Waals surface area contributed by atoms with Crippen LogP contribution in [0.25, 0.3) is 43.1 Å². The van der Waals surface area contributed by atoms with E-state index in [1.165, 1.54) is 43.3 Å². The van der Waals surface area contributed by atoms with E-state index in [9.17, 15) is 5.11 Å². The maximum atomic E-state index is 9.92. The van der Waals surface area contributed by atoms with Gasteiger partial charge in [-0.15, -0.1) is 0 Å². The van der Waals surface area contributed by atoms with Crippen molar-refractivity contribution in [2.45, 2.75) is 19.8 Å². The molecule has 0 saturated carbocycles. The molecule has 0 fully saturated rings. The average molecular weight is 336 g/mol. The predicted octanol–water partition coefficient (Wildman–Crippen LogP) is 7.13. The van der Waals surface area contributed by atoms with Gasteiger partial charge >= 0.3 is 0 Å². The summed E-state index contributed by atoms with van der Waals surface area (Å²) in [6.45, 7) is 4.48. The van der Waals surface area contributed by atoms with Gasteiger partial charge in [0.25, 0.3) is 0 Å². The van der Waals surface area contributed by atoms with Crippen molar-refractivity contribution in [2.24, 2.45) is 0 Å². The highest BCUT2D eigenvalue weighted by molar-refractivity contribution is 6.23. The van der Waals surface area contributed by atoms with Crippen LogP contribution in [-0.2, 0) is 0 Å². The van der Waals surface area contributed by atoms with Crippen molar-refractivity contribution in [3.8, 4) is 5.75 Å². The molecular weight excluding hydrogens is 316 g/mol. The summed E-state index contributed by atoms with van der Waals surface area (Å²) in [4.78, 5) is 0. The van der Waals surface area contributed by atoms with Crippen LogP contribution in [0.1, 0.15) is 25.3 Å². The third kappa shape index (κ3) is 2.10. The maximum Gasteiger partial charge on any atom is 0.116 e. The van der Waals surface area contributed by atoms with Crippen LogP contribution in [-0.4, -0.2) is 5.11 Å². The van der Waals surface area contributed by atoms with Gasteiger partial charge < -0.3 is 5.11 Å². The van der Waals surface area contributed by atoms with Gasteiger partial charge in [0.1, 0.15) is 5.75 Å². The molecule has 0 unspecified atom stereocenters. The molecule has 1 nitrogen and oxygen atoms in total. The molecule has 5 aromatic rings. The van der Waals surface area contributed by atoms with Crippen molar-refractivity contribution >= 4 is 43.1 Å². The zero-order valence-electron chi connectivity index (χ0n) is 15.0. The third-order valence-electron chi connectivity index (χ3n) is 5.47. The summed E-state index contributed by atoms with van der Waals surface area (Å²) < 4.78 is 0. The first-order valence-corrected chi connectivity index (χ1v) is 9.13. The molecule has 0 aliphatic rings. The number of rotatable bonds is 1. The molecule has 0 spiro atoms. The molecule has 0 bridgehead atoms. The van der Waals surface area contributed by atoms with Crippen molar-refractivity contribution in [3.05, 3.63) is 78.4 Å². The van der Waals surface area contributed by atoms with Gasteiger partial charge in [-0.3, -0.25) is 0 Å². The normalized spacial score (nSPS) is 12.0. The fraction of sp³-hybridized carbons (Fsp3) is 0.120. The van der Waals surface area contributed by atoms with Gasteiger partial charge in [-0.05, 0) is 66.7 Å². The standard InChI is InChI=1S/C25H20O/c1-15(2)24-14-17-13-18(26)8-10-20(17)22-12-11-21-19-6-4-3-5-16(19)7-9-23(21)25(22)24/h3-15,26H,1-2H3. The fourth-order valence-corrected chi connectivity index (χ4v) is 4.23. The van der Waals surface area contributed by atoms with Crippen LogP contribution in [0.2, 0.25) is 0 Å². The highest BCUT2D eigenvalue weighted by atomic mass is 16.3. The molecule has 5 rings (SSSR count). The number of phenols is 1. The van der Waals surface area contributed by atoms with Crippen molar-refractivity contribution in [1.82, 2.24) is 0 Å². The molecule has 1 heteroatoms. The largest absolute Gasteiger partial charge is 0.508 e. The molecular formula is C25H20O. The maximum absolute atomic E-state index is 9.92. The minimum absolute atomic E-state index is 0.318. The van der Waals surface area contributed by atoms with Crippen LogP contribution in [0, 0.1) is 0 Å². The van der Waals surface area contributed by atoms with Crippen molar-refractivity contribution in [3.63, 3.8) is 0 Å². The Bertz CT molecular complexity index is 1310. The van der Waals surface area contributed by atoms with E-state index >= 15 is 0 Å². The Kier molecular flexibility index (Phi) is 3.20. The lowest BCUT2D eigenvalue weighted by Crippen LogP contribution is -1.93. The van der Waals surface area contributed by atoms with E-state index in [0.717, 1.165) is 5.39 Å². The highest BCUT2D eigenvalue weighted by Gasteiger charge is 2.14. The summed E-state index contributed by atoms with van der Waals surface area (Å²) in [5.41, 5.74) is 1.33. The first-order chi connectivity index (χ1) is 12.6. The van der Waals surface area contributed by atoms with Gasteiger partial charge in [-0.2, -0.15) is 0 Å². The molecule has 0 heterocycles. The van der Waals surface area contributed by atoms with Gasteiger partial charge in [-0.1, -0.05) is 74.5 Å². The minimum Gasteiger partial charge on any atom is -0.508 e. The summed E-state index contributed by atoms with van der Waals surface area (Å²) in [6, 6.07) is 25.5. The second-order valence-electron chi connectivity index (χ2n) is 7.40. The monoisotopic (exact) mass is 336 g/mol. The average Bonchev–Trinajstić information content (AvgIpc) is 2.66. The lowest BCUT2D eigenvalue weighted by Gasteiger charge is -2.16. The van der Waals surface area contributed by atoms with E-state index in [-0.39, 0.29) is 0 Å². The Labute approximate surface area is 152 Å². The molecule has 0 aliphatic heterocycles. The van der Waals surface area contributed by atoms with Crippen molar-refractivity contribution < 1.29 is 5.11 Å². The van der Waals surface area contributed by atoms with E-state index in [2.05, 4.69) is 68.4 Å². The lowest BCUT2D eigenvalue weighted by molar-refractivity contribution is 0.476. The Balaban J connectivity index is 2.06. The van der Waals surface area contributed by atoms with Crippen LogP contribution in [0.15, 0.2) is 72.8 Å². The zero-order chi connectivity index (χ0) is 17.8. The summed E-state index contributed by atoms with van der Waals surface area (Å²) in [5.74, 6) is 0.722. The summed E-state index contributed by atoms with van der Waals surface area (Å²) in [6.07, 6.45) is 0. The summed E-state index contributed by atoms with van der Waals surface area (Å²) in [5, 5.41) is 20.0.